The summed E-state index contributed by atoms with van der Waals surface area (Å²) >= 11 is 0. The molecule has 0 spiro atoms. The summed E-state index contributed by atoms with van der Waals surface area (Å²) in [6, 6.07) is 0.262. The first kappa shape index (κ1) is 10.8. The lowest BCUT2D eigenvalue weighted by atomic mass is 10.1. The Bertz CT molecular complexity index is 188. The quantitative estimate of drug-likeness (QED) is 0.729. The summed E-state index contributed by atoms with van der Waals surface area (Å²) in [5.41, 5.74) is -1.42. The third-order valence-electron chi connectivity index (χ3n) is 2.83. The van der Waals surface area contributed by atoms with Gasteiger partial charge in [0, 0.05) is 6.04 Å². The van der Waals surface area contributed by atoms with Crippen LogP contribution in [-0.4, -0.2) is 18.8 Å². The molecule has 0 bridgehead atoms. The molecule has 78 valence electrons. The van der Waals surface area contributed by atoms with Gasteiger partial charge < -0.3 is 5.32 Å². The molecule has 0 saturated heterocycles. The van der Waals surface area contributed by atoms with Crippen molar-refractivity contribution in [2.75, 3.05) is 6.54 Å². The first-order chi connectivity index (χ1) is 5.77. The normalized spacial score (nSPS) is 33.9. The number of hydrogen-bond donors (Lipinski definition) is 1. The van der Waals surface area contributed by atoms with Crippen LogP contribution in [0, 0.1) is 11.3 Å². The van der Waals surface area contributed by atoms with Gasteiger partial charge in [-0.1, -0.05) is 20.8 Å². The fourth-order valence-electron chi connectivity index (χ4n) is 1.48. The van der Waals surface area contributed by atoms with Crippen molar-refractivity contribution in [3.05, 3.63) is 0 Å². The van der Waals surface area contributed by atoms with Crippen molar-refractivity contribution in [2.24, 2.45) is 11.3 Å². The van der Waals surface area contributed by atoms with Gasteiger partial charge in [-0.25, -0.2) is 0 Å². The molecule has 1 fully saturated rings. The highest BCUT2D eigenvalue weighted by atomic mass is 19.4. The van der Waals surface area contributed by atoms with E-state index in [1.807, 2.05) is 13.8 Å². The molecule has 0 amide bonds. The minimum absolute atomic E-state index is 0.227. The SMILES string of the molecule is CC(C)NCC1CC1(C)C(F)(F)F. The summed E-state index contributed by atoms with van der Waals surface area (Å²) < 4.78 is 37.1. The van der Waals surface area contributed by atoms with Crippen LogP contribution in [0.5, 0.6) is 0 Å². The van der Waals surface area contributed by atoms with Crippen LogP contribution in [0.2, 0.25) is 0 Å². The van der Waals surface area contributed by atoms with Gasteiger partial charge in [-0.15, -0.1) is 0 Å². The zero-order chi connectivity index (χ0) is 10.3. The molecule has 0 radical (unpaired) electrons. The summed E-state index contributed by atoms with van der Waals surface area (Å²) in [5.74, 6) is -0.227. The van der Waals surface area contributed by atoms with Gasteiger partial charge in [0.25, 0.3) is 0 Å². The number of alkyl halides is 3. The molecule has 0 aromatic carbocycles. The monoisotopic (exact) mass is 195 g/mol. The molecule has 1 aliphatic carbocycles. The maximum Gasteiger partial charge on any atom is 0.394 e. The number of nitrogens with one attached hydrogen (secondary N) is 1. The van der Waals surface area contributed by atoms with Crippen LogP contribution >= 0.6 is 0 Å². The topological polar surface area (TPSA) is 12.0 Å². The summed E-state index contributed by atoms with van der Waals surface area (Å²) in [7, 11) is 0. The molecule has 0 aromatic rings. The van der Waals surface area contributed by atoms with Crippen molar-refractivity contribution in [1.29, 1.82) is 0 Å². The standard InChI is InChI=1S/C9H16F3N/c1-6(2)13-5-7-4-8(7,3)9(10,11)12/h6-7,13H,4-5H2,1-3H3. The zero-order valence-corrected chi connectivity index (χ0v) is 8.20. The summed E-state index contributed by atoms with van der Waals surface area (Å²) in [6.45, 7) is 5.66. The Kier molecular flexibility index (Phi) is 2.63. The number of rotatable bonds is 3. The maximum absolute atomic E-state index is 12.4. The van der Waals surface area contributed by atoms with Crippen molar-refractivity contribution in [2.45, 2.75) is 39.4 Å². The van der Waals surface area contributed by atoms with Crippen LogP contribution in [0.1, 0.15) is 27.2 Å². The minimum atomic E-state index is -4.03. The summed E-state index contributed by atoms with van der Waals surface area (Å²) in [6.07, 6.45) is -3.76. The summed E-state index contributed by atoms with van der Waals surface area (Å²) in [5, 5.41) is 3.03. The first-order valence-electron chi connectivity index (χ1n) is 4.57. The fourth-order valence-corrected chi connectivity index (χ4v) is 1.48. The minimum Gasteiger partial charge on any atom is -0.314 e. The Balaban J connectivity index is 2.36. The Morgan fingerprint density at radius 3 is 2.31 bits per heavy atom. The van der Waals surface area contributed by atoms with Gasteiger partial charge in [-0.3, -0.25) is 0 Å². The van der Waals surface area contributed by atoms with E-state index in [0.29, 0.717) is 6.54 Å². The number of hydrogen-bond acceptors (Lipinski definition) is 1. The second kappa shape index (κ2) is 3.15. The molecule has 13 heavy (non-hydrogen) atoms. The molecular formula is C9H16F3N. The van der Waals surface area contributed by atoms with E-state index in [2.05, 4.69) is 5.32 Å². The van der Waals surface area contributed by atoms with Crippen molar-refractivity contribution in [3.8, 4) is 0 Å². The van der Waals surface area contributed by atoms with E-state index < -0.39 is 11.6 Å². The van der Waals surface area contributed by atoms with Crippen molar-refractivity contribution in [3.63, 3.8) is 0 Å². The van der Waals surface area contributed by atoms with Crippen LogP contribution in [-0.2, 0) is 0 Å². The van der Waals surface area contributed by atoms with Gasteiger partial charge in [0.1, 0.15) is 0 Å². The van der Waals surface area contributed by atoms with Gasteiger partial charge in [0.2, 0.25) is 0 Å². The molecule has 2 atom stereocenters. The lowest BCUT2D eigenvalue weighted by molar-refractivity contribution is -0.186. The average molecular weight is 195 g/mol. The molecule has 0 aliphatic heterocycles. The molecule has 1 aliphatic rings. The first-order valence-corrected chi connectivity index (χ1v) is 4.57. The van der Waals surface area contributed by atoms with Gasteiger partial charge >= 0.3 is 6.18 Å². The van der Waals surface area contributed by atoms with Crippen LogP contribution < -0.4 is 5.32 Å². The highest BCUT2D eigenvalue weighted by molar-refractivity contribution is 5.04. The molecule has 0 heterocycles. The van der Waals surface area contributed by atoms with Crippen molar-refractivity contribution >= 4 is 0 Å². The van der Waals surface area contributed by atoms with Crippen LogP contribution in [0.25, 0.3) is 0 Å². The van der Waals surface area contributed by atoms with Crippen LogP contribution in [0.15, 0.2) is 0 Å². The largest absolute Gasteiger partial charge is 0.394 e. The average Bonchev–Trinajstić information content (AvgIpc) is 2.58. The number of halogens is 3. The molecule has 2 unspecified atom stereocenters. The highest BCUT2D eigenvalue weighted by Gasteiger charge is 2.66. The van der Waals surface area contributed by atoms with E-state index in [1.165, 1.54) is 6.92 Å². The van der Waals surface area contributed by atoms with Crippen LogP contribution in [0.4, 0.5) is 13.2 Å². The summed E-state index contributed by atoms with van der Waals surface area (Å²) in [4.78, 5) is 0. The molecule has 1 rings (SSSR count). The Hall–Kier alpha value is -0.250. The smallest absolute Gasteiger partial charge is 0.314 e. The Labute approximate surface area is 76.7 Å². The van der Waals surface area contributed by atoms with Crippen LogP contribution in [0.3, 0.4) is 0 Å². The van der Waals surface area contributed by atoms with E-state index >= 15 is 0 Å². The van der Waals surface area contributed by atoms with E-state index in [1.54, 1.807) is 0 Å². The van der Waals surface area contributed by atoms with Gasteiger partial charge in [0.05, 0.1) is 5.41 Å². The highest BCUT2D eigenvalue weighted by Crippen LogP contribution is 2.61. The van der Waals surface area contributed by atoms with E-state index in [0.717, 1.165) is 0 Å². The molecule has 1 saturated carbocycles. The molecular weight excluding hydrogens is 179 g/mol. The maximum atomic E-state index is 12.4. The predicted octanol–water partition coefficient (Wildman–Crippen LogP) is 2.57. The van der Waals surface area contributed by atoms with E-state index in [4.69, 9.17) is 0 Å². The molecule has 4 heteroatoms. The Morgan fingerprint density at radius 2 is 2.00 bits per heavy atom. The lowest BCUT2D eigenvalue weighted by Crippen LogP contribution is -2.30. The third-order valence-corrected chi connectivity index (χ3v) is 2.83. The molecule has 1 nitrogen and oxygen atoms in total. The molecule has 0 aromatic heterocycles. The van der Waals surface area contributed by atoms with E-state index in [-0.39, 0.29) is 18.4 Å². The Morgan fingerprint density at radius 1 is 1.46 bits per heavy atom. The molecule has 1 N–H and O–H groups in total. The second-order valence-corrected chi connectivity index (χ2v) is 4.38. The van der Waals surface area contributed by atoms with Crippen molar-refractivity contribution in [1.82, 2.24) is 5.32 Å². The third kappa shape index (κ3) is 2.16. The second-order valence-electron chi connectivity index (χ2n) is 4.38. The van der Waals surface area contributed by atoms with E-state index in [9.17, 15) is 13.2 Å². The van der Waals surface area contributed by atoms with Gasteiger partial charge in [0.15, 0.2) is 0 Å². The predicted molar refractivity (Wildman–Crippen MR) is 45.4 cm³/mol. The van der Waals surface area contributed by atoms with Gasteiger partial charge in [-0.2, -0.15) is 13.2 Å². The zero-order valence-electron chi connectivity index (χ0n) is 8.20. The van der Waals surface area contributed by atoms with Gasteiger partial charge in [-0.05, 0) is 18.9 Å². The lowest BCUT2D eigenvalue weighted by Gasteiger charge is -2.16. The van der Waals surface area contributed by atoms with Crippen molar-refractivity contribution < 1.29 is 13.2 Å². The fraction of sp³-hybridized carbons (Fsp3) is 1.00.